The molecule has 0 bridgehead atoms. The van der Waals surface area contributed by atoms with Crippen LogP contribution in [0.2, 0.25) is 0 Å². The zero-order chi connectivity index (χ0) is 15.6. The normalized spacial score (nSPS) is 15.7. The molecule has 21 heavy (non-hydrogen) atoms. The zero-order valence-electron chi connectivity index (χ0n) is 11.0. The largest absolute Gasteiger partial charge is 0.486 e. The van der Waals surface area contributed by atoms with Crippen molar-refractivity contribution in [2.45, 2.75) is 25.3 Å². The fourth-order valence-corrected chi connectivity index (χ4v) is 1.80. The molecule has 0 radical (unpaired) electrons. The minimum absolute atomic E-state index is 0.348. The molecule has 8 heteroatoms. The average Bonchev–Trinajstić information content (AvgIpc) is 2.46. The van der Waals surface area contributed by atoms with Crippen LogP contribution in [0.25, 0.3) is 0 Å². The Hall–Kier alpha value is -1.99. The molecule has 1 amide bonds. The van der Waals surface area contributed by atoms with Crippen molar-refractivity contribution in [2.75, 3.05) is 13.2 Å². The second-order valence-electron chi connectivity index (χ2n) is 4.52. The molecule has 0 spiro atoms. The first-order valence-electron chi connectivity index (χ1n) is 6.19. The molecular weight excluding hydrogens is 294 g/mol. The van der Waals surface area contributed by atoms with Crippen molar-refractivity contribution in [3.8, 4) is 11.5 Å². The van der Waals surface area contributed by atoms with Gasteiger partial charge in [-0.15, -0.1) is 0 Å². The van der Waals surface area contributed by atoms with E-state index in [1.807, 2.05) is 5.32 Å². The number of carbonyl (C=O) groups is 1. The van der Waals surface area contributed by atoms with Crippen LogP contribution in [0, 0.1) is 0 Å². The molecule has 1 N–H and O–H groups in total. The molecule has 1 heterocycles. The number of rotatable bonds is 4. The van der Waals surface area contributed by atoms with E-state index in [-0.39, 0.29) is 0 Å². The van der Waals surface area contributed by atoms with Crippen molar-refractivity contribution in [1.82, 2.24) is 5.32 Å². The summed E-state index contributed by atoms with van der Waals surface area (Å²) in [6.07, 6.45) is -4.05. The number of nitrogens with one attached hydrogen (secondary N) is 1. The highest BCUT2D eigenvalue weighted by Crippen LogP contribution is 2.33. The maximum atomic E-state index is 12.9. The molecule has 2 rings (SSSR count). The van der Waals surface area contributed by atoms with Crippen molar-refractivity contribution >= 4 is 5.91 Å². The first kappa shape index (κ1) is 15.4. The van der Waals surface area contributed by atoms with Crippen molar-refractivity contribution < 1.29 is 31.8 Å². The van der Waals surface area contributed by atoms with E-state index < -0.39 is 24.3 Å². The molecule has 116 valence electrons. The lowest BCUT2D eigenvalue weighted by Gasteiger charge is -2.22. The minimum Gasteiger partial charge on any atom is -0.486 e. The Kier molecular flexibility index (Phi) is 4.24. The number of alkyl halides is 4. The van der Waals surface area contributed by atoms with Gasteiger partial charge in [0.05, 0.1) is 6.04 Å². The summed E-state index contributed by atoms with van der Waals surface area (Å²) < 4.78 is 60.6. The van der Waals surface area contributed by atoms with Crippen LogP contribution in [-0.4, -0.2) is 31.5 Å². The third kappa shape index (κ3) is 3.20. The van der Waals surface area contributed by atoms with E-state index in [2.05, 4.69) is 0 Å². The topological polar surface area (TPSA) is 47.6 Å². The summed E-state index contributed by atoms with van der Waals surface area (Å²) >= 11 is 0. The van der Waals surface area contributed by atoms with Gasteiger partial charge in [-0.25, -0.2) is 8.78 Å². The molecule has 0 saturated heterocycles. The van der Waals surface area contributed by atoms with E-state index in [0.29, 0.717) is 30.3 Å². The lowest BCUT2D eigenvalue weighted by molar-refractivity contribution is -0.170. The van der Waals surface area contributed by atoms with Crippen molar-refractivity contribution in [1.29, 1.82) is 0 Å². The molecule has 1 aromatic carbocycles. The number of amides is 1. The third-order valence-corrected chi connectivity index (χ3v) is 2.99. The number of carbonyl (C=O) groups excluding carboxylic acids is 1. The van der Waals surface area contributed by atoms with Gasteiger partial charge in [0.15, 0.2) is 11.5 Å². The van der Waals surface area contributed by atoms with Gasteiger partial charge < -0.3 is 14.8 Å². The first-order chi connectivity index (χ1) is 9.82. The standard InChI is InChI=1S/C13H13F4NO3/c1-7(18-12(19)13(16,17)11(14)15)8-2-3-9-10(6-8)21-5-4-20-9/h2-3,6-7,11H,4-5H2,1H3,(H,18,19). The highest BCUT2D eigenvalue weighted by Gasteiger charge is 2.49. The van der Waals surface area contributed by atoms with Crippen LogP contribution in [0.1, 0.15) is 18.5 Å². The molecule has 0 fully saturated rings. The molecule has 0 aliphatic carbocycles. The van der Waals surface area contributed by atoms with Crippen molar-refractivity contribution in [3.05, 3.63) is 23.8 Å². The fourth-order valence-electron chi connectivity index (χ4n) is 1.80. The predicted octanol–water partition coefficient (Wildman–Crippen LogP) is 2.54. The van der Waals surface area contributed by atoms with Crippen LogP contribution in [-0.2, 0) is 4.79 Å². The van der Waals surface area contributed by atoms with Crippen LogP contribution in [0.15, 0.2) is 18.2 Å². The van der Waals surface area contributed by atoms with E-state index in [1.54, 1.807) is 12.1 Å². The minimum atomic E-state index is -4.72. The number of benzene rings is 1. The number of hydrogen-bond acceptors (Lipinski definition) is 3. The Balaban J connectivity index is 2.10. The van der Waals surface area contributed by atoms with Crippen LogP contribution < -0.4 is 14.8 Å². The SMILES string of the molecule is CC(NC(=O)C(F)(F)C(F)F)c1ccc2c(c1)OCCO2. The Morgan fingerprint density at radius 1 is 1.24 bits per heavy atom. The van der Waals surface area contributed by atoms with Crippen molar-refractivity contribution in [3.63, 3.8) is 0 Å². The van der Waals surface area contributed by atoms with Crippen LogP contribution in [0.5, 0.6) is 11.5 Å². The molecule has 0 aromatic heterocycles. The Morgan fingerprint density at radius 3 is 2.48 bits per heavy atom. The second kappa shape index (κ2) is 5.79. The molecular formula is C13H13F4NO3. The van der Waals surface area contributed by atoms with Gasteiger partial charge in [-0.1, -0.05) is 6.07 Å². The summed E-state index contributed by atoms with van der Waals surface area (Å²) in [5.74, 6) is -5.82. The molecule has 1 aliphatic rings. The second-order valence-corrected chi connectivity index (χ2v) is 4.52. The highest BCUT2D eigenvalue weighted by molar-refractivity contribution is 5.84. The molecule has 1 unspecified atom stereocenters. The number of ether oxygens (including phenoxy) is 2. The van der Waals surface area contributed by atoms with Gasteiger partial charge in [0, 0.05) is 0 Å². The van der Waals surface area contributed by atoms with E-state index in [4.69, 9.17) is 9.47 Å². The Labute approximate surface area is 118 Å². The smallest absolute Gasteiger partial charge is 0.383 e. The summed E-state index contributed by atoms with van der Waals surface area (Å²) in [5, 5.41) is 1.86. The van der Waals surface area contributed by atoms with E-state index >= 15 is 0 Å². The van der Waals surface area contributed by atoms with Crippen LogP contribution in [0.4, 0.5) is 17.6 Å². The molecule has 1 atom stereocenters. The summed E-state index contributed by atoms with van der Waals surface area (Å²) in [7, 11) is 0. The summed E-state index contributed by atoms with van der Waals surface area (Å²) in [6.45, 7) is 2.16. The highest BCUT2D eigenvalue weighted by atomic mass is 19.3. The zero-order valence-corrected chi connectivity index (χ0v) is 11.0. The number of hydrogen-bond donors (Lipinski definition) is 1. The summed E-state index contributed by atoms with van der Waals surface area (Å²) in [4.78, 5) is 11.2. The van der Waals surface area contributed by atoms with Gasteiger partial charge in [-0.2, -0.15) is 8.78 Å². The quantitative estimate of drug-likeness (QED) is 0.870. The van der Waals surface area contributed by atoms with E-state index in [9.17, 15) is 22.4 Å². The molecule has 1 aliphatic heterocycles. The van der Waals surface area contributed by atoms with E-state index in [1.165, 1.54) is 13.0 Å². The Morgan fingerprint density at radius 2 is 1.86 bits per heavy atom. The average molecular weight is 307 g/mol. The maximum Gasteiger partial charge on any atom is 0.383 e. The first-order valence-corrected chi connectivity index (χ1v) is 6.19. The van der Waals surface area contributed by atoms with Crippen molar-refractivity contribution in [2.24, 2.45) is 0 Å². The monoisotopic (exact) mass is 307 g/mol. The van der Waals surface area contributed by atoms with Gasteiger partial charge in [-0.05, 0) is 24.6 Å². The number of halogens is 4. The van der Waals surface area contributed by atoms with Gasteiger partial charge in [-0.3, -0.25) is 4.79 Å². The van der Waals surface area contributed by atoms with Gasteiger partial charge in [0.1, 0.15) is 13.2 Å². The lowest BCUT2D eigenvalue weighted by Crippen LogP contribution is -2.45. The third-order valence-electron chi connectivity index (χ3n) is 2.99. The van der Waals surface area contributed by atoms with Crippen LogP contribution >= 0.6 is 0 Å². The molecule has 1 aromatic rings. The van der Waals surface area contributed by atoms with Gasteiger partial charge in [0.25, 0.3) is 5.91 Å². The predicted molar refractivity (Wildman–Crippen MR) is 64.9 cm³/mol. The lowest BCUT2D eigenvalue weighted by atomic mass is 10.1. The fraction of sp³-hybridized carbons (Fsp3) is 0.462. The number of fused-ring (bicyclic) bond motifs is 1. The van der Waals surface area contributed by atoms with Crippen LogP contribution in [0.3, 0.4) is 0 Å². The summed E-state index contributed by atoms with van der Waals surface area (Å²) in [6, 6.07) is 3.74. The van der Waals surface area contributed by atoms with E-state index in [0.717, 1.165) is 0 Å². The molecule has 4 nitrogen and oxygen atoms in total. The maximum absolute atomic E-state index is 12.9. The van der Waals surface area contributed by atoms with Gasteiger partial charge >= 0.3 is 12.3 Å². The van der Waals surface area contributed by atoms with Gasteiger partial charge in [0.2, 0.25) is 0 Å². The Bertz CT molecular complexity index is 536. The summed E-state index contributed by atoms with van der Waals surface area (Å²) in [5.41, 5.74) is 0.442. The molecule has 0 saturated carbocycles.